The summed E-state index contributed by atoms with van der Waals surface area (Å²) < 4.78 is 1.08. The quantitative estimate of drug-likeness (QED) is 0.399. The Morgan fingerprint density at radius 2 is 1.79 bits per heavy atom. The number of amides is 1. The van der Waals surface area contributed by atoms with E-state index < -0.39 is 0 Å². The fraction of sp³-hybridized carbons (Fsp3) is 0.261. The highest BCUT2D eigenvalue weighted by Gasteiger charge is 2.18. The number of nitrogens with one attached hydrogen (secondary N) is 1. The van der Waals surface area contributed by atoms with Crippen molar-refractivity contribution in [3.63, 3.8) is 0 Å². The number of thioether (sulfide) groups is 1. The van der Waals surface area contributed by atoms with Crippen LogP contribution in [0.4, 0.5) is 5.13 Å². The van der Waals surface area contributed by atoms with Crippen molar-refractivity contribution in [3.05, 3.63) is 58.7 Å². The van der Waals surface area contributed by atoms with Crippen molar-refractivity contribution in [1.29, 1.82) is 0 Å². The maximum Gasteiger partial charge on any atom is 0.239 e. The predicted molar refractivity (Wildman–Crippen MR) is 124 cm³/mol. The molecule has 2 aromatic heterocycles. The normalized spacial score (nSPS) is 12.4. The number of aryl methyl sites for hydroxylation is 4. The summed E-state index contributed by atoms with van der Waals surface area (Å²) >= 11 is 2.98. The Morgan fingerprint density at radius 3 is 2.59 bits per heavy atom. The van der Waals surface area contributed by atoms with Crippen molar-refractivity contribution in [2.24, 2.45) is 0 Å². The summed E-state index contributed by atoms with van der Waals surface area (Å²) in [5.74, 6) is -0.0639. The van der Waals surface area contributed by atoms with Gasteiger partial charge in [-0.15, -0.1) is 0 Å². The summed E-state index contributed by atoms with van der Waals surface area (Å²) in [6.45, 7) is 10.2. The highest BCUT2D eigenvalue weighted by molar-refractivity contribution is 8.00. The molecule has 0 radical (unpaired) electrons. The van der Waals surface area contributed by atoms with Crippen molar-refractivity contribution >= 4 is 55.3 Å². The van der Waals surface area contributed by atoms with Crippen molar-refractivity contribution in [1.82, 2.24) is 9.97 Å². The van der Waals surface area contributed by atoms with E-state index in [1.54, 1.807) is 0 Å². The molecule has 1 atom stereocenters. The van der Waals surface area contributed by atoms with E-state index in [-0.39, 0.29) is 11.2 Å². The van der Waals surface area contributed by atoms with Crippen LogP contribution in [-0.2, 0) is 4.79 Å². The minimum Gasteiger partial charge on any atom is -0.301 e. The summed E-state index contributed by atoms with van der Waals surface area (Å²) in [4.78, 5) is 22.1. The van der Waals surface area contributed by atoms with E-state index in [0.29, 0.717) is 5.13 Å². The molecule has 1 amide bonds. The van der Waals surface area contributed by atoms with Crippen LogP contribution in [0.1, 0.15) is 29.2 Å². The maximum atomic E-state index is 12.7. The zero-order valence-electron chi connectivity index (χ0n) is 17.2. The number of hydrogen-bond donors (Lipinski definition) is 1. The molecule has 0 saturated heterocycles. The summed E-state index contributed by atoms with van der Waals surface area (Å²) in [7, 11) is 0. The van der Waals surface area contributed by atoms with Gasteiger partial charge in [-0.25, -0.2) is 9.97 Å². The SMILES string of the molecule is Cc1ccc2nc(NC(=O)C(C)Sc3cc(C)c4cc(C)cc(C)c4n3)sc2c1. The second kappa shape index (κ2) is 7.76. The summed E-state index contributed by atoms with van der Waals surface area (Å²) in [5, 5.41) is 5.36. The van der Waals surface area contributed by atoms with Gasteiger partial charge in [0.15, 0.2) is 5.13 Å². The van der Waals surface area contributed by atoms with Gasteiger partial charge in [-0.2, -0.15) is 0 Å². The minimum atomic E-state index is -0.279. The molecular weight excluding hydrogens is 398 g/mol. The smallest absolute Gasteiger partial charge is 0.239 e. The van der Waals surface area contributed by atoms with Crippen molar-refractivity contribution in [2.75, 3.05) is 5.32 Å². The lowest BCUT2D eigenvalue weighted by molar-refractivity contribution is -0.115. The molecule has 4 rings (SSSR count). The van der Waals surface area contributed by atoms with Gasteiger partial charge in [-0.3, -0.25) is 4.79 Å². The van der Waals surface area contributed by atoms with E-state index in [9.17, 15) is 4.79 Å². The molecule has 0 aliphatic rings. The highest BCUT2D eigenvalue weighted by atomic mass is 32.2. The molecule has 2 aromatic carbocycles. The number of fused-ring (bicyclic) bond motifs is 2. The average Bonchev–Trinajstić information content (AvgIpc) is 3.04. The first-order valence-corrected chi connectivity index (χ1v) is 11.2. The number of carbonyl (C=O) groups is 1. The maximum absolute atomic E-state index is 12.7. The molecule has 0 bridgehead atoms. The number of anilines is 1. The number of aromatic nitrogens is 2. The largest absolute Gasteiger partial charge is 0.301 e. The number of benzene rings is 2. The van der Waals surface area contributed by atoms with Gasteiger partial charge in [-0.1, -0.05) is 40.8 Å². The number of pyridine rings is 1. The molecule has 0 spiro atoms. The Labute approximate surface area is 178 Å². The van der Waals surface area contributed by atoms with Crippen LogP contribution in [0.3, 0.4) is 0 Å². The van der Waals surface area contributed by atoms with Gasteiger partial charge < -0.3 is 5.32 Å². The van der Waals surface area contributed by atoms with E-state index in [2.05, 4.69) is 62.3 Å². The van der Waals surface area contributed by atoms with E-state index in [1.807, 2.05) is 19.1 Å². The lowest BCUT2D eigenvalue weighted by atomic mass is 10.0. The third-order valence-electron chi connectivity index (χ3n) is 4.87. The van der Waals surface area contributed by atoms with Crippen LogP contribution in [-0.4, -0.2) is 21.1 Å². The molecule has 0 saturated carbocycles. The topological polar surface area (TPSA) is 54.9 Å². The summed E-state index contributed by atoms with van der Waals surface area (Å²) in [6.07, 6.45) is 0. The van der Waals surface area contributed by atoms with Crippen molar-refractivity contribution in [2.45, 2.75) is 44.9 Å². The number of carbonyl (C=O) groups excluding carboxylic acids is 1. The Hall–Kier alpha value is -2.44. The third-order valence-corrected chi connectivity index (χ3v) is 6.82. The molecular formula is C23H23N3OS2. The van der Waals surface area contributed by atoms with Gasteiger partial charge in [-0.05, 0) is 75.6 Å². The summed E-state index contributed by atoms with van der Waals surface area (Å²) in [5.41, 5.74) is 6.68. The van der Waals surface area contributed by atoms with E-state index in [0.717, 1.165) is 26.3 Å². The van der Waals surface area contributed by atoms with Gasteiger partial charge in [0.2, 0.25) is 5.91 Å². The van der Waals surface area contributed by atoms with Crippen LogP contribution in [0.15, 0.2) is 41.4 Å². The van der Waals surface area contributed by atoms with E-state index >= 15 is 0 Å². The molecule has 2 heterocycles. The molecule has 1 N–H and O–H groups in total. The van der Waals surface area contributed by atoms with Crippen LogP contribution in [0, 0.1) is 27.7 Å². The standard InChI is InChI=1S/C23H23N3OS2/c1-12-6-7-18-19(10-12)29-23(24-18)26-22(27)16(5)28-20-11-14(3)17-9-13(2)8-15(4)21(17)25-20/h6-11,16H,1-5H3,(H,24,26,27). The first kappa shape index (κ1) is 19.9. The van der Waals surface area contributed by atoms with Crippen LogP contribution >= 0.6 is 23.1 Å². The minimum absolute atomic E-state index is 0.0639. The number of rotatable bonds is 4. The number of hydrogen-bond acceptors (Lipinski definition) is 5. The van der Waals surface area contributed by atoms with Gasteiger partial charge >= 0.3 is 0 Å². The van der Waals surface area contributed by atoms with Crippen LogP contribution in [0.5, 0.6) is 0 Å². The summed E-state index contributed by atoms with van der Waals surface area (Å²) in [6, 6.07) is 12.5. The first-order valence-electron chi connectivity index (χ1n) is 9.53. The van der Waals surface area contributed by atoms with Crippen LogP contribution < -0.4 is 5.32 Å². The predicted octanol–water partition coefficient (Wildman–Crippen LogP) is 6.20. The van der Waals surface area contributed by atoms with Gasteiger partial charge in [0.1, 0.15) is 0 Å². The monoisotopic (exact) mass is 421 g/mol. The van der Waals surface area contributed by atoms with Crippen molar-refractivity contribution < 1.29 is 4.79 Å². The van der Waals surface area contributed by atoms with E-state index in [4.69, 9.17) is 4.98 Å². The Morgan fingerprint density at radius 1 is 1.00 bits per heavy atom. The first-order chi connectivity index (χ1) is 13.8. The molecule has 4 aromatic rings. The molecule has 4 nitrogen and oxygen atoms in total. The number of nitrogens with zero attached hydrogens (tertiary/aromatic N) is 2. The molecule has 29 heavy (non-hydrogen) atoms. The lowest BCUT2D eigenvalue weighted by Gasteiger charge is -2.13. The zero-order chi connectivity index (χ0) is 20.7. The third kappa shape index (κ3) is 4.14. The van der Waals surface area contributed by atoms with Gasteiger partial charge in [0.25, 0.3) is 0 Å². The fourth-order valence-corrected chi connectivity index (χ4v) is 5.29. The van der Waals surface area contributed by atoms with Crippen LogP contribution in [0.2, 0.25) is 0 Å². The molecule has 0 aliphatic carbocycles. The van der Waals surface area contributed by atoms with Crippen molar-refractivity contribution in [3.8, 4) is 0 Å². The zero-order valence-corrected chi connectivity index (χ0v) is 18.8. The van der Waals surface area contributed by atoms with E-state index in [1.165, 1.54) is 45.2 Å². The molecule has 0 fully saturated rings. The number of thiazole rings is 1. The molecule has 6 heteroatoms. The Balaban J connectivity index is 1.53. The lowest BCUT2D eigenvalue weighted by Crippen LogP contribution is -2.22. The van der Waals surface area contributed by atoms with Crippen LogP contribution in [0.25, 0.3) is 21.1 Å². The van der Waals surface area contributed by atoms with Gasteiger partial charge in [0.05, 0.1) is 26.0 Å². The van der Waals surface area contributed by atoms with Gasteiger partial charge in [0, 0.05) is 5.39 Å². The highest BCUT2D eigenvalue weighted by Crippen LogP contribution is 2.31. The Bertz CT molecular complexity index is 1250. The fourth-order valence-electron chi connectivity index (χ4n) is 3.40. The average molecular weight is 422 g/mol. The molecule has 148 valence electrons. The second-order valence-electron chi connectivity index (χ2n) is 7.49. The Kier molecular flexibility index (Phi) is 5.32. The second-order valence-corrected chi connectivity index (χ2v) is 9.89. The molecule has 1 unspecified atom stereocenters. The molecule has 0 aliphatic heterocycles.